The van der Waals surface area contributed by atoms with Gasteiger partial charge in [-0.3, -0.25) is 4.79 Å². The average Bonchev–Trinajstić information content (AvgIpc) is 2.31. The lowest BCUT2D eigenvalue weighted by Gasteiger charge is -2.20. The number of aromatic nitrogens is 1. The molecular weight excluding hydrogens is 311 g/mol. The van der Waals surface area contributed by atoms with Crippen LogP contribution in [-0.4, -0.2) is 52.3 Å². The summed E-state index contributed by atoms with van der Waals surface area (Å²) in [5.41, 5.74) is 0.239. The second kappa shape index (κ2) is 6.90. The largest absolute Gasteiger partial charge is 0.395 e. The minimum atomic E-state index is -0.369. The smallest absolute Gasteiger partial charge is 0.257 e. The summed E-state index contributed by atoms with van der Waals surface area (Å²) in [4.78, 5) is 17.2. The number of aliphatic hydroxyl groups is 2. The molecular formula is C10H12BrClN2O3. The summed E-state index contributed by atoms with van der Waals surface area (Å²) in [7, 11) is 0. The molecule has 1 heterocycles. The van der Waals surface area contributed by atoms with Crippen LogP contribution in [0.3, 0.4) is 0 Å². The summed E-state index contributed by atoms with van der Waals surface area (Å²) >= 11 is 9.03. The molecule has 1 amide bonds. The van der Waals surface area contributed by atoms with E-state index >= 15 is 0 Å². The third-order valence-corrected chi connectivity index (χ3v) is 2.80. The number of halogens is 2. The van der Waals surface area contributed by atoms with Crippen LogP contribution in [-0.2, 0) is 0 Å². The van der Waals surface area contributed by atoms with Crippen LogP contribution in [0.4, 0.5) is 0 Å². The molecule has 0 saturated heterocycles. The summed E-state index contributed by atoms with van der Waals surface area (Å²) in [6.07, 6.45) is 1.49. The molecule has 0 aliphatic rings. The van der Waals surface area contributed by atoms with Crippen molar-refractivity contribution in [2.24, 2.45) is 0 Å². The minimum absolute atomic E-state index is 0.0964. The van der Waals surface area contributed by atoms with Crippen molar-refractivity contribution in [1.29, 1.82) is 0 Å². The Morgan fingerprint density at radius 1 is 1.41 bits per heavy atom. The van der Waals surface area contributed by atoms with E-state index < -0.39 is 0 Å². The Bertz CT molecular complexity index is 397. The van der Waals surface area contributed by atoms with Gasteiger partial charge >= 0.3 is 0 Å². The maximum Gasteiger partial charge on any atom is 0.257 e. The summed E-state index contributed by atoms with van der Waals surface area (Å²) in [5, 5.41) is 17.8. The second-order valence-corrected chi connectivity index (χ2v) is 4.51. The van der Waals surface area contributed by atoms with E-state index in [0.29, 0.717) is 4.47 Å². The molecule has 94 valence electrons. The van der Waals surface area contributed by atoms with E-state index in [2.05, 4.69) is 20.9 Å². The average molecular weight is 324 g/mol. The third kappa shape index (κ3) is 3.92. The van der Waals surface area contributed by atoms with Crippen molar-refractivity contribution in [3.63, 3.8) is 0 Å². The molecule has 17 heavy (non-hydrogen) atoms. The van der Waals surface area contributed by atoms with E-state index in [1.54, 1.807) is 6.07 Å². The van der Waals surface area contributed by atoms with Gasteiger partial charge in [-0.05, 0) is 22.0 Å². The quantitative estimate of drug-likeness (QED) is 0.791. The summed E-state index contributed by atoms with van der Waals surface area (Å²) in [6, 6.07) is 1.55. The molecule has 0 unspecified atom stereocenters. The number of aliphatic hydroxyl groups excluding tert-OH is 2. The number of amides is 1. The Hall–Kier alpha value is -0.690. The van der Waals surface area contributed by atoms with Gasteiger partial charge in [0.15, 0.2) is 0 Å². The first-order chi connectivity index (χ1) is 8.10. The predicted molar refractivity (Wildman–Crippen MR) is 67.0 cm³/mol. The van der Waals surface area contributed by atoms with Crippen LogP contribution >= 0.6 is 27.5 Å². The fraction of sp³-hybridized carbons (Fsp3) is 0.400. The number of hydrogen-bond acceptors (Lipinski definition) is 4. The molecule has 1 aromatic rings. The molecule has 0 fully saturated rings. The lowest BCUT2D eigenvalue weighted by atomic mass is 10.2. The standard InChI is InChI=1S/C10H12BrClN2O3/c11-7-5-8(9(12)13-6-7)10(17)14(1-3-15)2-4-16/h5-6,15-16H,1-4H2. The van der Waals surface area contributed by atoms with Gasteiger partial charge in [-0.1, -0.05) is 11.6 Å². The molecule has 0 saturated carbocycles. The molecule has 0 aromatic carbocycles. The van der Waals surface area contributed by atoms with Gasteiger partial charge in [0, 0.05) is 23.8 Å². The molecule has 1 rings (SSSR count). The number of pyridine rings is 1. The van der Waals surface area contributed by atoms with Gasteiger partial charge in [0.05, 0.1) is 18.8 Å². The third-order valence-electron chi connectivity index (χ3n) is 2.06. The van der Waals surface area contributed by atoms with E-state index in [0.717, 1.165) is 0 Å². The van der Waals surface area contributed by atoms with Gasteiger partial charge in [0.25, 0.3) is 5.91 Å². The fourth-order valence-electron chi connectivity index (χ4n) is 1.30. The number of nitrogens with zero attached hydrogens (tertiary/aromatic N) is 2. The predicted octanol–water partition coefficient (Wildman–Crippen LogP) is 0.924. The first-order valence-electron chi connectivity index (χ1n) is 4.92. The Kier molecular flexibility index (Phi) is 5.84. The first-order valence-corrected chi connectivity index (χ1v) is 6.09. The van der Waals surface area contributed by atoms with Crippen molar-refractivity contribution < 1.29 is 15.0 Å². The number of hydrogen-bond donors (Lipinski definition) is 2. The maximum absolute atomic E-state index is 12.1. The Labute approximate surface area is 112 Å². The number of rotatable bonds is 5. The van der Waals surface area contributed by atoms with Gasteiger partial charge in [0.2, 0.25) is 0 Å². The zero-order chi connectivity index (χ0) is 12.8. The van der Waals surface area contributed by atoms with Crippen molar-refractivity contribution in [1.82, 2.24) is 9.88 Å². The monoisotopic (exact) mass is 322 g/mol. The fourth-order valence-corrected chi connectivity index (χ4v) is 1.81. The van der Waals surface area contributed by atoms with Crippen molar-refractivity contribution in [2.75, 3.05) is 26.3 Å². The van der Waals surface area contributed by atoms with E-state index in [9.17, 15) is 4.79 Å². The van der Waals surface area contributed by atoms with Crippen LogP contribution in [0.2, 0.25) is 5.15 Å². The number of carbonyl (C=O) groups is 1. The molecule has 1 aromatic heterocycles. The molecule has 5 nitrogen and oxygen atoms in total. The maximum atomic E-state index is 12.1. The van der Waals surface area contributed by atoms with Gasteiger partial charge < -0.3 is 15.1 Å². The van der Waals surface area contributed by atoms with Crippen LogP contribution in [0.25, 0.3) is 0 Å². The van der Waals surface area contributed by atoms with Crippen LogP contribution in [0.5, 0.6) is 0 Å². The zero-order valence-corrected chi connectivity index (χ0v) is 11.3. The van der Waals surface area contributed by atoms with Crippen molar-refractivity contribution in [3.05, 3.63) is 27.5 Å². The van der Waals surface area contributed by atoms with Gasteiger partial charge in [0.1, 0.15) is 5.15 Å². The van der Waals surface area contributed by atoms with Crippen molar-refractivity contribution in [3.8, 4) is 0 Å². The minimum Gasteiger partial charge on any atom is -0.395 e. The molecule has 0 spiro atoms. The molecule has 0 radical (unpaired) electrons. The molecule has 0 atom stereocenters. The first kappa shape index (κ1) is 14.4. The van der Waals surface area contributed by atoms with Crippen LogP contribution in [0, 0.1) is 0 Å². The van der Waals surface area contributed by atoms with E-state index in [1.807, 2.05) is 0 Å². The lowest BCUT2D eigenvalue weighted by Crippen LogP contribution is -2.36. The van der Waals surface area contributed by atoms with Crippen molar-refractivity contribution in [2.45, 2.75) is 0 Å². The summed E-state index contributed by atoms with van der Waals surface area (Å²) < 4.78 is 0.637. The molecule has 0 bridgehead atoms. The lowest BCUT2D eigenvalue weighted by molar-refractivity contribution is 0.0684. The van der Waals surface area contributed by atoms with Crippen LogP contribution in [0.15, 0.2) is 16.7 Å². The zero-order valence-electron chi connectivity index (χ0n) is 8.94. The number of carbonyl (C=O) groups excluding carboxylic acids is 1. The topological polar surface area (TPSA) is 73.7 Å². The van der Waals surface area contributed by atoms with Gasteiger partial charge in [-0.25, -0.2) is 4.98 Å². The normalized spacial score (nSPS) is 10.4. The molecule has 2 N–H and O–H groups in total. The molecule has 7 heteroatoms. The van der Waals surface area contributed by atoms with Gasteiger partial charge in [-0.15, -0.1) is 0 Å². The Morgan fingerprint density at radius 3 is 2.53 bits per heavy atom. The molecule has 0 aliphatic heterocycles. The van der Waals surface area contributed by atoms with Gasteiger partial charge in [-0.2, -0.15) is 0 Å². The van der Waals surface area contributed by atoms with E-state index in [-0.39, 0.29) is 42.9 Å². The van der Waals surface area contributed by atoms with E-state index in [4.69, 9.17) is 21.8 Å². The Morgan fingerprint density at radius 2 is 2.00 bits per heavy atom. The van der Waals surface area contributed by atoms with Crippen LogP contribution in [0.1, 0.15) is 10.4 Å². The van der Waals surface area contributed by atoms with Crippen LogP contribution < -0.4 is 0 Å². The second-order valence-electron chi connectivity index (χ2n) is 3.23. The summed E-state index contributed by atoms with van der Waals surface area (Å²) in [6.45, 7) is -0.0694. The molecule has 0 aliphatic carbocycles. The highest BCUT2D eigenvalue weighted by Gasteiger charge is 2.18. The highest BCUT2D eigenvalue weighted by atomic mass is 79.9. The Balaban J connectivity index is 2.95. The highest BCUT2D eigenvalue weighted by molar-refractivity contribution is 9.10. The van der Waals surface area contributed by atoms with Crippen molar-refractivity contribution >= 4 is 33.4 Å². The van der Waals surface area contributed by atoms with E-state index in [1.165, 1.54) is 11.1 Å². The summed E-state index contributed by atoms with van der Waals surface area (Å²) in [5.74, 6) is -0.369. The SMILES string of the molecule is O=C(c1cc(Br)cnc1Cl)N(CCO)CCO. The highest BCUT2D eigenvalue weighted by Crippen LogP contribution is 2.19.